The summed E-state index contributed by atoms with van der Waals surface area (Å²) in [5.41, 5.74) is 1.14. The Morgan fingerprint density at radius 3 is 2.67 bits per heavy atom. The first kappa shape index (κ1) is 20.2. The number of amides is 1. The summed E-state index contributed by atoms with van der Waals surface area (Å²) in [6, 6.07) is 7.75. The van der Waals surface area contributed by atoms with Crippen molar-refractivity contribution in [1.82, 2.24) is 4.90 Å². The van der Waals surface area contributed by atoms with E-state index in [1.54, 1.807) is 7.11 Å². The van der Waals surface area contributed by atoms with Crippen LogP contribution in [0.4, 0.5) is 0 Å². The molecular weight excluding hydrogens is 384 g/mol. The van der Waals surface area contributed by atoms with Gasteiger partial charge >= 0.3 is 0 Å². The molecule has 0 bridgehead atoms. The molecule has 2 saturated heterocycles. The summed E-state index contributed by atoms with van der Waals surface area (Å²) in [5.74, 6) is 0.865. The minimum absolute atomic E-state index is 0.0330. The number of amidine groups is 1. The van der Waals surface area contributed by atoms with Crippen LogP contribution in [0.15, 0.2) is 29.3 Å². The van der Waals surface area contributed by atoms with E-state index in [1.807, 2.05) is 43.0 Å². The zero-order chi connectivity index (χ0) is 19.6. The highest BCUT2D eigenvalue weighted by Gasteiger charge is 2.48. The Morgan fingerprint density at radius 1 is 1.33 bits per heavy atom. The van der Waals surface area contributed by atoms with Crippen LogP contribution in [0.5, 0.6) is 5.75 Å². The van der Waals surface area contributed by atoms with E-state index in [0.717, 1.165) is 24.2 Å². The lowest BCUT2D eigenvalue weighted by molar-refractivity contribution is -0.121. The van der Waals surface area contributed by atoms with Gasteiger partial charge in [-0.25, -0.2) is 8.42 Å². The largest absolute Gasteiger partial charge is 0.497 e. The van der Waals surface area contributed by atoms with Gasteiger partial charge in [0.25, 0.3) is 5.91 Å². The molecule has 1 aromatic carbocycles. The van der Waals surface area contributed by atoms with Crippen LogP contribution in [0.3, 0.4) is 0 Å². The Balaban J connectivity index is 1.77. The zero-order valence-corrected chi connectivity index (χ0v) is 17.6. The maximum absolute atomic E-state index is 12.3. The van der Waals surface area contributed by atoms with E-state index in [-0.39, 0.29) is 34.6 Å². The summed E-state index contributed by atoms with van der Waals surface area (Å²) in [7, 11) is -1.39. The fourth-order valence-corrected chi connectivity index (χ4v) is 7.30. The van der Waals surface area contributed by atoms with E-state index < -0.39 is 9.84 Å². The van der Waals surface area contributed by atoms with Crippen molar-refractivity contribution in [1.29, 1.82) is 0 Å². The molecule has 3 atom stereocenters. The van der Waals surface area contributed by atoms with Crippen LogP contribution in [0.2, 0.25) is 0 Å². The molecule has 2 fully saturated rings. The Morgan fingerprint density at radius 2 is 2.04 bits per heavy atom. The average molecular weight is 411 g/mol. The molecule has 0 radical (unpaired) electrons. The zero-order valence-electron chi connectivity index (χ0n) is 15.9. The van der Waals surface area contributed by atoms with Gasteiger partial charge in [0, 0.05) is 17.7 Å². The van der Waals surface area contributed by atoms with Crippen molar-refractivity contribution in [3.63, 3.8) is 0 Å². The van der Waals surface area contributed by atoms with Crippen LogP contribution in [0.25, 0.3) is 0 Å². The standard InChI is InChI=1S/C19H26N2O4S2/c1-4-13(2)18(22)20-19-21(16-11-27(23,24)12-17(16)26-19)10-9-14-5-7-15(25-3)8-6-14/h5-8,13,16-17H,4,9-12H2,1-3H3/t13-,16+,17-/m0/s1. The van der Waals surface area contributed by atoms with Crippen LogP contribution in [0, 0.1) is 5.92 Å². The van der Waals surface area contributed by atoms with Gasteiger partial charge in [0.1, 0.15) is 5.75 Å². The second kappa shape index (κ2) is 8.22. The van der Waals surface area contributed by atoms with Crippen LogP contribution >= 0.6 is 11.8 Å². The number of sulfone groups is 1. The molecule has 148 valence electrons. The third kappa shape index (κ3) is 4.66. The number of nitrogens with zero attached hydrogens (tertiary/aromatic N) is 2. The summed E-state index contributed by atoms with van der Waals surface area (Å²) in [4.78, 5) is 18.7. The monoisotopic (exact) mass is 410 g/mol. The normalized spacial score (nSPS) is 26.2. The molecule has 1 amide bonds. The fraction of sp³-hybridized carbons (Fsp3) is 0.579. The number of thioether (sulfide) groups is 1. The van der Waals surface area contributed by atoms with Gasteiger partial charge in [-0.2, -0.15) is 4.99 Å². The van der Waals surface area contributed by atoms with Gasteiger partial charge in [-0.1, -0.05) is 37.7 Å². The maximum atomic E-state index is 12.3. The Labute approximate surface area is 165 Å². The van der Waals surface area contributed by atoms with Crippen molar-refractivity contribution in [2.45, 2.75) is 38.0 Å². The van der Waals surface area contributed by atoms with Gasteiger partial charge < -0.3 is 9.64 Å². The lowest BCUT2D eigenvalue weighted by atomic mass is 10.1. The van der Waals surface area contributed by atoms with Crippen molar-refractivity contribution in [3.05, 3.63) is 29.8 Å². The van der Waals surface area contributed by atoms with E-state index >= 15 is 0 Å². The summed E-state index contributed by atoms with van der Waals surface area (Å²) in [6.07, 6.45) is 1.50. The average Bonchev–Trinajstić information content (AvgIpc) is 3.10. The molecular formula is C19H26N2O4S2. The molecule has 0 saturated carbocycles. The Hall–Kier alpha value is -1.54. The Bertz CT molecular complexity index is 821. The van der Waals surface area contributed by atoms with Gasteiger partial charge in [-0.05, 0) is 30.5 Å². The van der Waals surface area contributed by atoms with Gasteiger partial charge in [0.15, 0.2) is 15.0 Å². The van der Waals surface area contributed by atoms with E-state index in [2.05, 4.69) is 4.99 Å². The van der Waals surface area contributed by atoms with Crippen LogP contribution < -0.4 is 4.74 Å². The molecule has 1 aromatic rings. The number of carbonyl (C=O) groups excluding carboxylic acids is 1. The minimum Gasteiger partial charge on any atom is -0.497 e. The molecule has 0 aromatic heterocycles. The molecule has 2 aliphatic rings. The molecule has 0 aliphatic carbocycles. The SMILES string of the molecule is CC[C@H](C)C(=O)N=C1S[C@H]2CS(=O)(=O)C[C@H]2N1CCc1ccc(OC)cc1. The number of hydrogen-bond acceptors (Lipinski definition) is 5. The third-order valence-corrected chi connectivity index (χ3v) is 8.46. The second-order valence-corrected chi connectivity index (χ2v) is 10.5. The number of aliphatic imine (C=N–C) groups is 1. The summed E-state index contributed by atoms with van der Waals surface area (Å²) in [5, 5.41) is 0.646. The molecule has 0 N–H and O–H groups in total. The first-order valence-electron chi connectivity index (χ1n) is 9.22. The lowest BCUT2D eigenvalue weighted by Crippen LogP contribution is -2.39. The van der Waals surface area contributed by atoms with Gasteiger partial charge in [0.05, 0.1) is 24.7 Å². The predicted octanol–water partition coefficient (Wildman–Crippen LogP) is 2.38. The highest BCUT2D eigenvalue weighted by Crippen LogP contribution is 2.38. The maximum Gasteiger partial charge on any atom is 0.250 e. The lowest BCUT2D eigenvalue weighted by Gasteiger charge is -2.24. The van der Waals surface area contributed by atoms with Crippen LogP contribution in [-0.4, -0.2) is 60.8 Å². The highest BCUT2D eigenvalue weighted by atomic mass is 32.2. The predicted molar refractivity (Wildman–Crippen MR) is 109 cm³/mol. The molecule has 0 spiro atoms. The summed E-state index contributed by atoms with van der Waals surface area (Å²) < 4.78 is 29.3. The smallest absolute Gasteiger partial charge is 0.250 e. The molecule has 2 aliphatic heterocycles. The van der Waals surface area contributed by atoms with E-state index in [1.165, 1.54) is 11.8 Å². The van der Waals surface area contributed by atoms with Crippen molar-refractivity contribution in [2.75, 3.05) is 25.2 Å². The first-order chi connectivity index (χ1) is 12.8. The Kier molecular flexibility index (Phi) is 6.15. The van der Waals surface area contributed by atoms with Gasteiger partial charge in [0.2, 0.25) is 0 Å². The second-order valence-electron chi connectivity index (χ2n) is 7.13. The number of hydrogen-bond donors (Lipinski definition) is 0. The fourth-order valence-electron chi connectivity index (χ4n) is 3.32. The molecule has 8 heteroatoms. The van der Waals surface area contributed by atoms with E-state index in [0.29, 0.717) is 11.7 Å². The van der Waals surface area contributed by atoms with Crippen molar-refractivity contribution in [3.8, 4) is 5.75 Å². The van der Waals surface area contributed by atoms with E-state index in [9.17, 15) is 13.2 Å². The molecule has 6 nitrogen and oxygen atoms in total. The van der Waals surface area contributed by atoms with Gasteiger partial charge in [-0.15, -0.1) is 0 Å². The topological polar surface area (TPSA) is 76.0 Å². The first-order valence-corrected chi connectivity index (χ1v) is 11.9. The van der Waals surface area contributed by atoms with E-state index in [4.69, 9.17) is 4.74 Å². The van der Waals surface area contributed by atoms with Crippen LogP contribution in [-0.2, 0) is 21.1 Å². The number of benzene rings is 1. The number of fused-ring (bicyclic) bond motifs is 1. The molecule has 2 heterocycles. The summed E-state index contributed by atoms with van der Waals surface area (Å²) >= 11 is 1.45. The molecule has 0 unspecified atom stereocenters. The molecule has 27 heavy (non-hydrogen) atoms. The number of ether oxygens (including phenoxy) is 1. The molecule has 3 rings (SSSR count). The quantitative estimate of drug-likeness (QED) is 0.717. The number of carbonyl (C=O) groups is 1. The minimum atomic E-state index is -3.02. The van der Waals surface area contributed by atoms with Crippen molar-refractivity contribution >= 4 is 32.7 Å². The number of rotatable bonds is 6. The summed E-state index contributed by atoms with van der Waals surface area (Å²) in [6.45, 7) is 4.48. The highest BCUT2D eigenvalue weighted by molar-refractivity contribution is 8.15. The van der Waals surface area contributed by atoms with Crippen molar-refractivity contribution < 1.29 is 17.9 Å². The van der Waals surface area contributed by atoms with Crippen LogP contribution in [0.1, 0.15) is 25.8 Å². The third-order valence-electron chi connectivity index (χ3n) is 5.22. The number of methoxy groups -OCH3 is 1. The van der Waals surface area contributed by atoms with Crippen molar-refractivity contribution in [2.24, 2.45) is 10.9 Å². The van der Waals surface area contributed by atoms with Gasteiger partial charge in [-0.3, -0.25) is 4.79 Å².